The minimum absolute atomic E-state index is 0.0582. The zero-order valence-electron chi connectivity index (χ0n) is 16.8. The highest BCUT2D eigenvalue weighted by molar-refractivity contribution is 5.79. The number of ether oxygens (including phenoxy) is 1. The second-order valence-electron chi connectivity index (χ2n) is 7.30. The molecule has 0 radical (unpaired) electrons. The Labute approximate surface area is 179 Å². The normalized spacial score (nSPS) is 12.0. The van der Waals surface area contributed by atoms with Crippen molar-refractivity contribution in [1.29, 1.82) is 0 Å². The predicted molar refractivity (Wildman–Crippen MR) is 118 cm³/mol. The lowest BCUT2D eigenvalue weighted by atomic mass is 9.98. The number of rotatable bonds is 4. The molecule has 4 aromatic rings. The van der Waals surface area contributed by atoms with E-state index in [4.69, 9.17) is 4.74 Å². The third kappa shape index (κ3) is 3.86. The summed E-state index contributed by atoms with van der Waals surface area (Å²) in [5.41, 5.74) is 7.15. The van der Waals surface area contributed by atoms with Crippen LogP contribution >= 0.6 is 0 Å². The molecule has 0 saturated heterocycles. The summed E-state index contributed by atoms with van der Waals surface area (Å²) in [4.78, 5) is 23.5. The number of pyridine rings is 1. The molecular weight excluding hydrogens is 388 g/mol. The lowest BCUT2D eigenvalue weighted by Crippen LogP contribution is -2.26. The van der Waals surface area contributed by atoms with Crippen LogP contribution in [-0.2, 0) is 4.74 Å². The predicted octanol–water partition coefficient (Wildman–Crippen LogP) is 4.24. The quantitative estimate of drug-likeness (QED) is 0.391. The zero-order valence-corrected chi connectivity index (χ0v) is 16.8. The monoisotopic (exact) mass is 408 g/mol. The number of carbonyl (C=O) groups excluding carboxylic acids is 1. The van der Waals surface area contributed by atoms with Crippen molar-refractivity contribution in [1.82, 2.24) is 20.3 Å². The van der Waals surface area contributed by atoms with Crippen LogP contribution in [0.3, 0.4) is 0 Å². The Kier molecular flexibility index (Phi) is 5.07. The standard InChI is InChI=1S/C25H20N4O2/c30-25(26-12-6-5-7-17-13-23-24(27-14-17)29-16-28-23)31-15-22-20-10-3-1-8-18(20)19-9-2-4-11-21(19)22/h1-4,8-11,13-14,16,22H,6,12,15H2,(H,26,30)(H,27,28,29). The Morgan fingerprint density at radius 1 is 1.06 bits per heavy atom. The molecule has 5 rings (SSSR count). The number of hydrogen-bond acceptors (Lipinski definition) is 4. The SMILES string of the molecule is O=C(NCCC#Cc1cnc2nc[nH]c2c1)OCC1c2ccccc2-c2ccccc21. The lowest BCUT2D eigenvalue weighted by molar-refractivity contribution is 0.143. The highest BCUT2D eigenvalue weighted by atomic mass is 16.5. The van der Waals surface area contributed by atoms with Gasteiger partial charge in [0.2, 0.25) is 0 Å². The Morgan fingerprint density at radius 2 is 1.81 bits per heavy atom. The number of fused-ring (bicyclic) bond motifs is 4. The van der Waals surface area contributed by atoms with Gasteiger partial charge in [-0.05, 0) is 28.3 Å². The van der Waals surface area contributed by atoms with Gasteiger partial charge in [0.15, 0.2) is 5.65 Å². The van der Waals surface area contributed by atoms with E-state index in [0.717, 1.165) is 11.1 Å². The van der Waals surface area contributed by atoms with Gasteiger partial charge in [0.25, 0.3) is 0 Å². The summed E-state index contributed by atoms with van der Waals surface area (Å²) in [5.74, 6) is 6.15. The topological polar surface area (TPSA) is 79.9 Å². The summed E-state index contributed by atoms with van der Waals surface area (Å²) in [5, 5.41) is 2.77. The number of hydrogen-bond donors (Lipinski definition) is 2. The summed E-state index contributed by atoms with van der Waals surface area (Å²) >= 11 is 0. The maximum Gasteiger partial charge on any atom is 0.407 e. The highest BCUT2D eigenvalue weighted by Crippen LogP contribution is 2.44. The van der Waals surface area contributed by atoms with Crippen LogP contribution in [0.4, 0.5) is 4.79 Å². The lowest BCUT2D eigenvalue weighted by Gasteiger charge is -2.14. The maximum absolute atomic E-state index is 12.2. The molecule has 1 aliphatic rings. The average Bonchev–Trinajstić information content (AvgIpc) is 3.40. The molecule has 6 nitrogen and oxygen atoms in total. The molecule has 0 atom stereocenters. The molecule has 0 aliphatic heterocycles. The van der Waals surface area contributed by atoms with Gasteiger partial charge in [-0.25, -0.2) is 14.8 Å². The number of nitrogens with zero attached hydrogens (tertiary/aromatic N) is 2. The Bertz CT molecular complexity index is 1270. The number of nitrogens with one attached hydrogen (secondary N) is 2. The van der Waals surface area contributed by atoms with Crippen LogP contribution < -0.4 is 5.32 Å². The molecule has 1 aliphatic carbocycles. The van der Waals surface area contributed by atoms with Gasteiger partial charge in [-0.15, -0.1) is 0 Å². The number of benzene rings is 2. The van der Waals surface area contributed by atoms with Crippen LogP contribution in [0, 0.1) is 11.8 Å². The number of imidazole rings is 1. The molecule has 1 amide bonds. The van der Waals surface area contributed by atoms with E-state index in [1.165, 1.54) is 22.3 Å². The first-order chi connectivity index (χ1) is 15.3. The average molecular weight is 408 g/mol. The summed E-state index contributed by atoms with van der Waals surface area (Å²) in [6.45, 7) is 0.727. The molecule has 2 N–H and O–H groups in total. The van der Waals surface area contributed by atoms with Crippen LogP contribution in [0.25, 0.3) is 22.3 Å². The van der Waals surface area contributed by atoms with Crippen LogP contribution in [0.5, 0.6) is 0 Å². The molecule has 6 heteroatoms. The fourth-order valence-electron chi connectivity index (χ4n) is 3.94. The summed E-state index contributed by atoms with van der Waals surface area (Å²) in [7, 11) is 0. The summed E-state index contributed by atoms with van der Waals surface area (Å²) < 4.78 is 5.52. The first kappa shape index (κ1) is 18.9. The van der Waals surface area contributed by atoms with E-state index in [2.05, 4.69) is 56.4 Å². The first-order valence-electron chi connectivity index (χ1n) is 10.2. The van der Waals surface area contributed by atoms with Crippen molar-refractivity contribution in [2.45, 2.75) is 12.3 Å². The van der Waals surface area contributed by atoms with Crippen LogP contribution in [-0.4, -0.2) is 34.2 Å². The fraction of sp³-hybridized carbons (Fsp3) is 0.160. The van der Waals surface area contributed by atoms with E-state index >= 15 is 0 Å². The van der Waals surface area contributed by atoms with Gasteiger partial charge in [-0.1, -0.05) is 60.4 Å². The van der Waals surface area contributed by atoms with Crippen molar-refractivity contribution in [2.24, 2.45) is 0 Å². The second kappa shape index (κ2) is 8.33. The van der Waals surface area contributed by atoms with E-state index in [1.54, 1.807) is 12.5 Å². The van der Waals surface area contributed by atoms with Gasteiger partial charge in [-0.2, -0.15) is 0 Å². The minimum atomic E-state index is -0.427. The molecule has 2 heterocycles. The van der Waals surface area contributed by atoms with E-state index in [1.807, 2.05) is 30.3 Å². The summed E-state index contributed by atoms with van der Waals surface area (Å²) in [6.07, 6.45) is 3.39. The molecule has 0 bridgehead atoms. The highest BCUT2D eigenvalue weighted by Gasteiger charge is 2.28. The molecule has 0 spiro atoms. The van der Waals surface area contributed by atoms with Crippen molar-refractivity contribution in [3.63, 3.8) is 0 Å². The second-order valence-corrected chi connectivity index (χ2v) is 7.30. The smallest absolute Gasteiger partial charge is 0.407 e. The number of aromatic nitrogens is 3. The number of carbonyl (C=O) groups is 1. The molecular formula is C25H20N4O2. The third-order valence-corrected chi connectivity index (χ3v) is 5.37. The van der Waals surface area contributed by atoms with Gasteiger partial charge < -0.3 is 15.0 Å². The number of amides is 1. The molecule has 31 heavy (non-hydrogen) atoms. The summed E-state index contributed by atoms with van der Waals surface area (Å²) in [6, 6.07) is 18.5. The Hall–Kier alpha value is -4.11. The van der Waals surface area contributed by atoms with Crippen molar-refractivity contribution in [2.75, 3.05) is 13.2 Å². The van der Waals surface area contributed by atoms with E-state index in [0.29, 0.717) is 25.2 Å². The van der Waals surface area contributed by atoms with Crippen molar-refractivity contribution in [3.8, 4) is 23.0 Å². The Morgan fingerprint density at radius 3 is 2.58 bits per heavy atom. The molecule has 152 valence electrons. The van der Waals surface area contributed by atoms with E-state index in [-0.39, 0.29) is 5.92 Å². The van der Waals surface area contributed by atoms with E-state index in [9.17, 15) is 4.79 Å². The van der Waals surface area contributed by atoms with E-state index < -0.39 is 6.09 Å². The van der Waals surface area contributed by atoms with Gasteiger partial charge in [0.05, 0.1) is 11.8 Å². The fourth-order valence-corrected chi connectivity index (χ4v) is 3.94. The van der Waals surface area contributed by atoms with Crippen LogP contribution in [0.1, 0.15) is 29.0 Å². The van der Waals surface area contributed by atoms with Gasteiger partial charge in [0, 0.05) is 30.6 Å². The maximum atomic E-state index is 12.2. The van der Waals surface area contributed by atoms with Crippen molar-refractivity contribution in [3.05, 3.63) is 83.8 Å². The first-order valence-corrected chi connectivity index (χ1v) is 10.2. The van der Waals surface area contributed by atoms with Gasteiger partial charge in [-0.3, -0.25) is 0 Å². The van der Waals surface area contributed by atoms with Gasteiger partial charge in [0.1, 0.15) is 6.61 Å². The van der Waals surface area contributed by atoms with Crippen LogP contribution in [0.15, 0.2) is 67.1 Å². The number of H-pyrrole nitrogens is 1. The molecule has 0 unspecified atom stereocenters. The number of aromatic amines is 1. The molecule has 0 saturated carbocycles. The molecule has 2 aromatic heterocycles. The number of alkyl carbamates (subject to hydrolysis) is 1. The Balaban J connectivity index is 1.14. The third-order valence-electron chi connectivity index (χ3n) is 5.37. The molecule has 2 aromatic carbocycles. The molecule has 0 fully saturated rings. The minimum Gasteiger partial charge on any atom is -0.449 e. The van der Waals surface area contributed by atoms with Gasteiger partial charge >= 0.3 is 6.09 Å². The largest absolute Gasteiger partial charge is 0.449 e. The van der Waals surface area contributed by atoms with Crippen LogP contribution in [0.2, 0.25) is 0 Å². The van der Waals surface area contributed by atoms with Crippen molar-refractivity contribution < 1.29 is 9.53 Å². The van der Waals surface area contributed by atoms with Crippen molar-refractivity contribution >= 4 is 17.3 Å². The zero-order chi connectivity index (χ0) is 21.0.